The minimum Gasteiger partial charge on any atom is -0.115 e. The zero-order chi connectivity index (χ0) is 10.8. The van der Waals surface area contributed by atoms with Gasteiger partial charge in [0.1, 0.15) is 0 Å². The highest BCUT2D eigenvalue weighted by Crippen LogP contribution is 2.08. The molecule has 0 unspecified atom stereocenters. The maximum atomic E-state index is 5.46. The predicted octanol–water partition coefficient (Wildman–Crippen LogP) is 2.19. The third kappa shape index (κ3) is 2.07. The molecule has 0 fully saturated rings. The summed E-state index contributed by atoms with van der Waals surface area (Å²) in [6.07, 6.45) is 10.8. The molecule has 0 heterocycles. The summed E-state index contributed by atoms with van der Waals surface area (Å²) in [6, 6.07) is 5.91. The van der Waals surface area contributed by atoms with Gasteiger partial charge in [-0.2, -0.15) is 0 Å². The summed E-state index contributed by atoms with van der Waals surface area (Å²) in [5.41, 5.74) is 1.91. The third-order valence-corrected chi connectivity index (χ3v) is 4.18. The molecule has 0 radical (unpaired) electrons. The quantitative estimate of drug-likeness (QED) is 0.479. The molecule has 0 nitrogen and oxygen atoms in total. The van der Waals surface area contributed by atoms with E-state index in [-0.39, 0.29) is 0 Å². The Morgan fingerprint density at radius 1 is 1.07 bits per heavy atom. The monoisotopic (exact) mass is 198 g/mol. The van der Waals surface area contributed by atoms with Crippen LogP contribution >= 0.6 is 0 Å². The number of rotatable bonds is 1. The summed E-state index contributed by atoms with van der Waals surface area (Å²) < 4.78 is 0. The molecule has 0 amide bonds. The van der Waals surface area contributed by atoms with Crippen LogP contribution in [0.1, 0.15) is 11.1 Å². The summed E-state index contributed by atoms with van der Waals surface area (Å²) in [4.78, 5) is 0. The molecule has 14 heavy (non-hydrogen) atoms. The van der Waals surface area contributed by atoms with Gasteiger partial charge in [-0.25, -0.2) is 0 Å². The van der Waals surface area contributed by atoms with E-state index in [0.717, 1.165) is 11.1 Å². The first-order chi connectivity index (χ1) is 6.49. The lowest BCUT2D eigenvalue weighted by molar-refractivity contribution is 1.60. The predicted molar refractivity (Wildman–Crippen MR) is 65.3 cm³/mol. The minimum atomic E-state index is -1.38. The lowest BCUT2D eigenvalue weighted by atomic mass is 10.1. The van der Waals surface area contributed by atoms with Crippen molar-refractivity contribution in [3.63, 3.8) is 0 Å². The van der Waals surface area contributed by atoms with E-state index in [9.17, 15) is 0 Å². The fourth-order valence-electron chi connectivity index (χ4n) is 1.38. The van der Waals surface area contributed by atoms with Crippen molar-refractivity contribution in [3.05, 3.63) is 29.3 Å². The summed E-state index contributed by atoms with van der Waals surface area (Å²) >= 11 is 0. The first-order valence-corrected chi connectivity index (χ1v) is 8.07. The summed E-state index contributed by atoms with van der Waals surface area (Å²) in [5.74, 6) is 5.36. The van der Waals surface area contributed by atoms with Gasteiger partial charge in [-0.15, -0.1) is 12.8 Å². The van der Waals surface area contributed by atoms with Crippen LogP contribution < -0.4 is 5.19 Å². The van der Waals surface area contributed by atoms with Crippen molar-refractivity contribution in [2.24, 2.45) is 0 Å². The van der Waals surface area contributed by atoms with Gasteiger partial charge in [-0.3, -0.25) is 0 Å². The van der Waals surface area contributed by atoms with Crippen LogP contribution in [0.15, 0.2) is 18.2 Å². The van der Waals surface area contributed by atoms with E-state index in [1.165, 1.54) is 5.19 Å². The van der Waals surface area contributed by atoms with Gasteiger partial charge in [0.05, 0.1) is 8.07 Å². The standard InChI is InChI=1S/C13H14Si/c1-6-11-8-9-12(7-2)13(10-11)14(3,4)5/h1-2,8-10H,3-5H3. The smallest absolute Gasteiger partial charge is 0.0792 e. The maximum Gasteiger partial charge on any atom is 0.0792 e. The van der Waals surface area contributed by atoms with Gasteiger partial charge in [0.2, 0.25) is 0 Å². The van der Waals surface area contributed by atoms with Crippen LogP contribution in [0.3, 0.4) is 0 Å². The van der Waals surface area contributed by atoms with Crippen molar-refractivity contribution in [1.82, 2.24) is 0 Å². The molecule has 0 saturated heterocycles. The largest absolute Gasteiger partial charge is 0.115 e. The topological polar surface area (TPSA) is 0 Å². The Bertz CT molecular complexity index is 422. The summed E-state index contributed by atoms with van der Waals surface area (Å²) in [7, 11) is -1.38. The van der Waals surface area contributed by atoms with Crippen molar-refractivity contribution in [2.45, 2.75) is 19.6 Å². The average Bonchev–Trinajstić information content (AvgIpc) is 2.15. The van der Waals surface area contributed by atoms with E-state index >= 15 is 0 Å². The summed E-state index contributed by atoms with van der Waals surface area (Å²) in [6.45, 7) is 6.80. The molecule has 0 aromatic heterocycles. The number of benzene rings is 1. The molecule has 1 rings (SSSR count). The Balaban J connectivity index is 3.41. The molecule has 0 bridgehead atoms. The van der Waals surface area contributed by atoms with Gasteiger partial charge < -0.3 is 0 Å². The van der Waals surface area contributed by atoms with E-state index in [1.807, 2.05) is 12.1 Å². The second-order valence-corrected chi connectivity index (χ2v) is 9.34. The highest BCUT2D eigenvalue weighted by molar-refractivity contribution is 6.89. The molecule has 0 atom stereocenters. The Morgan fingerprint density at radius 3 is 2.14 bits per heavy atom. The van der Waals surface area contributed by atoms with Crippen LogP contribution in [0.2, 0.25) is 19.6 Å². The van der Waals surface area contributed by atoms with Crippen LogP contribution in [0.4, 0.5) is 0 Å². The van der Waals surface area contributed by atoms with Crippen molar-refractivity contribution >= 4 is 13.3 Å². The normalized spacial score (nSPS) is 10.4. The first kappa shape index (κ1) is 10.6. The SMILES string of the molecule is C#Cc1ccc(C#C)c([Si](C)(C)C)c1. The van der Waals surface area contributed by atoms with Crippen LogP contribution in [0.5, 0.6) is 0 Å². The van der Waals surface area contributed by atoms with Gasteiger partial charge in [-0.1, -0.05) is 31.5 Å². The van der Waals surface area contributed by atoms with Gasteiger partial charge in [-0.05, 0) is 23.4 Å². The molecule has 0 aliphatic carbocycles. The summed E-state index contributed by atoms with van der Waals surface area (Å²) in [5, 5.41) is 1.27. The molecule has 0 N–H and O–H groups in total. The first-order valence-electron chi connectivity index (χ1n) is 4.57. The van der Waals surface area contributed by atoms with E-state index in [4.69, 9.17) is 12.8 Å². The fraction of sp³-hybridized carbons (Fsp3) is 0.231. The molecule has 0 aliphatic rings. The van der Waals surface area contributed by atoms with Crippen molar-refractivity contribution < 1.29 is 0 Å². The number of terminal acetylenes is 2. The lowest BCUT2D eigenvalue weighted by Crippen LogP contribution is -2.39. The maximum absolute atomic E-state index is 5.46. The van der Waals surface area contributed by atoms with E-state index in [1.54, 1.807) is 0 Å². The molecular formula is C13H14Si. The zero-order valence-corrected chi connectivity index (χ0v) is 9.89. The van der Waals surface area contributed by atoms with E-state index in [0.29, 0.717) is 0 Å². The highest BCUT2D eigenvalue weighted by atomic mass is 28.3. The van der Waals surface area contributed by atoms with Gasteiger partial charge >= 0.3 is 0 Å². The highest BCUT2D eigenvalue weighted by Gasteiger charge is 2.19. The van der Waals surface area contributed by atoms with Crippen molar-refractivity contribution in [2.75, 3.05) is 0 Å². The molecule has 0 aliphatic heterocycles. The van der Waals surface area contributed by atoms with E-state index < -0.39 is 8.07 Å². The van der Waals surface area contributed by atoms with Crippen LogP contribution in [0, 0.1) is 24.7 Å². The molecule has 1 aromatic carbocycles. The molecule has 0 spiro atoms. The number of hydrogen-bond donors (Lipinski definition) is 0. The number of hydrogen-bond acceptors (Lipinski definition) is 0. The van der Waals surface area contributed by atoms with Crippen LogP contribution in [-0.4, -0.2) is 8.07 Å². The third-order valence-electron chi connectivity index (χ3n) is 2.15. The second kappa shape index (κ2) is 3.74. The van der Waals surface area contributed by atoms with Gasteiger partial charge in [0.15, 0.2) is 0 Å². The Hall–Kier alpha value is -1.44. The van der Waals surface area contributed by atoms with Crippen molar-refractivity contribution in [1.29, 1.82) is 0 Å². The second-order valence-electron chi connectivity index (χ2n) is 4.30. The molecule has 70 valence electrons. The fourth-order valence-corrected chi connectivity index (χ4v) is 2.93. The van der Waals surface area contributed by atoms with Gasteiger partial charge in [0, 0.05) is 11.1 Å². The lowest BCUT2D eigenvalue weighted by Gasteiger charge is -2.18. The van der Waals surface area contributed by atoms with Gasteiger partial charge in [0.25, 0.3) is 0 Å². The average molecular weight is 198 g/mol. The minimum absolute atomic E-state index is 0.918. The van der Waals surface area contributed by atoms with Crippen LogP contribution in [0.25, 0.3) is 0 Å². The van der Waals surface area contributed by atoms with E-state index in [2.05, 4.69) is 37.5 Å². The molecule has 1 heteroatoms. The molecule has 0 saturated carbocycles. The molecule has 1 aromatic rings. The Morgan fingerprint density at radius 2 is 1.71 bits per heavy atom. The zero-order valence-electron chi connectivity index (χ0n) is 8.89. The Labute approximate surface area is 87.4 Å². The Kier molecular flexibility index (Phi) is 2.84. The van der Waals surface area contributed by atoms with Crippen LogP contribution in [-0.2, 0) is 0 Å². The molecular weight excluding hydrogens is 184 g/mol. The van der Waals surface area contributed by atoms with Crippen molar-refractivity contribution in [3.8, 4) is 24.7 Å².